The van der Waals surface area contributed by atoms with Gasteiger partial charge in [0, 0.05) is 18.1 Å². The molecule has 3 nitrogen and oxygen atoms in total. The maximum atomic E-state index is 12.9. The number of aliphatic carboxylic acids is 1. The summed E-state index contributed by atoms with van der Waals surface area (Å²) in [6.07, 6.45) is 0. The maximum Gasteiger partial charge on any atom is 0.317 e. The summed E-state index contributed by atoms with van der Waals surface area (Å²) in [5.74, 6) is -0.921. The van der Waals surface area contributed by atoms with Gasteiger partial charge in [0.25, 0.3) is 0 Å². The molecule has 1 N–H and O–H groups in total. The van der Waals surface area contributed by atoms with Gasteiger partial charge in [-0.15, -0.1) is 0 Å². The SMILES string of the molecule is CC(C)CN(CC(=O)O)Cc1ccc(F)cc1Cl. The zero-order valence-electron chi connectivity index (χ0n) is 10.5. The van der Waals surface area contributed by atoms with Crippen LogP contribution in [-0.2, 0) is 11.3 Å². The molecule has 100 valence electrons. The van der Waals surface area contributed by atoms with Crippen LogP contribution in [0, 0.1) is 11.7 Å². The fourth-order valence-electron chi connectivity index (χ4n) is 1.78. The molecule has 0 bridgehead atoms. The largest absolute Gasteiger partial charge is 0.480 e. The minimum absolute atomic E-state index is 0.0497. The first-order valence-corrected chi connectivity index (χ1v) is 6.14. The van der Waals surface area contributed by atoms with Crippen molar-refractivity contribution in [1.82, 2.24) is 4.90 Å². The fourth-order valence-corrected chi connectivity index (χ4v) is 2.01. The summed E-state index contributed by atoms with van der Waals surface area (Å²) in [5.41, 5.74) is 0.736. The molecule has 0 heterocycles. The molecule has 0 aliphatic rings. The molecule has 0 aliphatic heterocycles. The van der Waals surface area contributed by atoms with E-state index in [-0.39, 0.29) is 6.54 Å². The lowest BCUT2D eigenvalue weighted by Crippen LogP contribution is -2.32. The van der Waals surface area contributed by atoms with Crippen LogP contribution in [0.15, 0.2) is 18.2 Å². The van der Waals surface area contributed by atoms with Crippen molar-refractivity contribution in [2.24, 2.45) is 5.92 Å². The van der Waals surface area contributed by atoms with Crippen molar-refractivity contribution in [2.75, 3.05) is 13.1 Å². The first kappa shape index (κ1) is 14.9. The Hall–Kier alpha value is -1.13. The van der Waals surface area contributed by atoms with E-state index in [2.05, 4.69) is 0 Å². The van der Waals surface area contributed by atoms with Crippen LogP contribution in [0.3, 0.4) is 0 Å². The second-order valence-electron chi connectivity index (χ2n) is 4.69. The van der Waals surface area contributed by atoms with Crippen molar-refractivity contribution in [3.63, 3.8) is 0 Å². The predicted octanol–water partition coefficient (Wildman–Crippen LogP) is 3.02. The molecule has 0 fully saturated rings. The monoisotopic (exact) mass is 273 g/mol. The first-order valence-electron chi connectivity index (χ1n) is 5.76. The van der Waals surface area contributed by atoms with Crippen LogP contribution < -0.4 is 0 Å². The minimum Gasteiger partial charge on any atom is -0.480 e. The normalized spacial score (nSPS) is 11.2. The maximum absolute atomic E-state index is 12.9. The quantitative estimate of drug-likeness (QED) is 0.866. The predicted molar refractivity (Wildman–Crippen MR) is 69.2 cm³/mol. The zero-order valence-corrected chi connectivity index (χ0v) is 11.2. The summed E-state index contributed by atoms with van der Waals surface area (Å²) >= 11 is 5.93. The Morgan fingerprint density at radius 2 is 2.17 bits per heavy atom. The summed E-state index contributed by atoms with van der Waals surface area (Å²) < 4.78 is 12.9. The molecule has 0 aliphatic carbocycles. The highest BCUT2D eigenvalue weighted by molar-refractivity contribution is 6.31. The van der Waals surface area contributed by atoms with Gasteiger partial charge < -0.3 is 5.11 Å². The number of nitrogens with zero attached hydrogens (tertiary/aromatic N) is 1. The van der Waals surface area contributed by atoms with Crippen molar-refractivity contribution < 1.29 is 14.3 Å². The average Bonchev–Trinajstić information content (AvgIpc) is 2.20. The molecule has 0 saturated heterocycles. The highest BCUT2D eigenvalue weighted by atomic mass is 35.5. The molecule has 1 rings (SSSR count). The summed E-state index contributed by atoms with van der Waals surface area (Å²) in [4.78, 5) is 12.6. The number of carboxylic acids is 1. The first-order chi connectivity index (χ1) is 8.38. The third-order valence-corrected chi connectivity index (χ3v) is 2.74. The molecule has 0 radical (unpaired) electrons. The third-order valence-electron chi connectivity index (χ3n) is 2.39. The van der Waals surface area contributed by atoms with Gasteiger partial charge in [0.05, 0.1) is 6.54 Å². The van der Waals surface area contributed by atoms with Crippen LogP contribution in [0.4, 0.5) is 4.39 Å². The third kappa shape index (κ3) is 5.02. The van der Waals surface area contributed by atoms with Crippen LogP contribution in [0.5, 0.6) is 0 Å². The number of carboxylic acid groups (broad SMARTS) is 1. The number of hydrogen-bond acceptors (Lipinski definition) is 2. The second-order valence-corrected chi connectivity index (χ2v) is 5.10. The Balaban J connectivity index is 2.78. The lowest BCUT2D eigenvalue weighted by molar-refractivity contribution is -0.138. The van der Waals surface area contributed by atoms with Crippen molar-refractivity contribution in [3.8, 4) is 0 Å². The Kier molecular flexibility index (Phi) is 5.56. The zero-order chi connectivity index (χ0) is 13.7. The van der Waals surface area contributed by atoms with Crippen molar-refractivity contribution in [3.05, 3.63) is 34.6 Å². The molecule has 18 heavy (non-hydrogen) atoms. The fraction of sp³-hybridized carbons (Fsp3) is 0.462. The minimum atomic E-state index is -0.881. The number of carbonyl (C=O) groups is 1. The Morgan fingerprint density at radius 3 is 2.67 bits per heavy atom. The van der Waals surface area contributed by atoms with Crippen LogP contribution in [-0.4, -0.2) is 29.1 Å². The van der Waals surface area contributed by atoms with Crippen LogP contribution in [0.25, 0.3) is 0 Å². The van der Waals surface area contributed by atoms with E-state index in [0.717, 1.165) is 5.56 Å². The van der Waals surface area contributed by atoms with Crippen LogP contribution in [0.1, 0.15) is 19.4 Å². The number of benzene rings is 1. The number of halogens is 2. The van der Waals surface area contributed by atoms with E-state index in [1.807, 2.05) is 13.8 Å². The van der Waals surface area contributed by atoms with E-state index in [0.29, 0.717) is 24.0 Å². The summed E-state index contributed by atoms with van der Waals surface area (Å²) in [6, 6.07) is 4.16. The van der Waals surface area contributed by atoms with Gasteiger partial charge in [-0.25, -0.2) is 4.39 Å². The van der Waals surface area contributed by atoms with Gasteiger partial charge in [-0.2, -0.15) is 0 Å². The molecule has 0 spiro atoms. The molecule has 5 heteroatoms. The van der Waals surface area contributed by atoms with Gasteiger partial charge >= 0.3 is 5.97 Å². The highest BCUT2D eigenvalue weighted by Gasteiger charge is 2.13. The molecule has 0 aromatic heterocycles. The second kappa shape index (κ2) is 6.71. The number of rotatable bonds is 6. The Morgan fingerprint density at radius 1 is 1.50 bits per heavy atom. The molecular formula is C13H17ClFNO2. The Labute approximate surface area is 111 Å². The van der Waals surface area contributed by atoms with Crippen LogP contribution >= 0.6 is 11.6 Å². The molecule has 1 aromatic rings. The molecule has 0 amide bonds. The van der Waals surface area contributed by atoms with E-state index in [1.165, 1.54) is 12.1 Å². The van der Waals surface area contributed by atoms with Gasteiger partial charge in [0.2, 0.25) is 0 Å². The smallest absolute Gasteiger partial charge is 0.317 e. The summed E-state index contributed by atoms with van der Waals surface area (Å²) in [7, 11) is 0. The van der Waals surface area contributed by atoms with Crippen molar-refractivity contribution in [1.29, 1.82) is 0 Å². The van der Waals surface area contributed by atoms with E-state index < -0.39 is 11.8 Å². The number of hydrogen-bond donors (Lipinski definition) is 1. The van der Waals surface area contributed by atoms with Gasteiger partial charge in [-0.3, -0.25) is 9.69 Å². The van der Waals surface area contributed by atoms with Gasteiger partial charge in [0.1, 0.15) is 5.82 Å². The molecule has 0 unspecified atom stereocenters. The van der Waals surface area contributed by atoms with E-state index in [9.17, 15) is 9.18 Å². The van der Waals surface area contributed by atoms with Gasteiger partial charge in [-0.05, 0) is 23.6 Å². The van der Waals surface area contributed by atoms with Crippen molar-refractivity contribution >= 4 is 17.6 Å². The molecular weight excluding hydrogens is 257 g/mol. The van der Waals surface area contributed by atoms with Gasteiger partial charge in [-0.1, -0.05) is 31.5 Å². The van der Waals surface area contributed by atoms with Gasteiger partial charge in [0.15, 0.2) is 0 Å². The molecule has 0 atom stereocenters. The van der Waals surface area contributed by atoms with Crippen LogP contribution in [0.2, 0.25) is 5.02 Å². The summed E-state index contributed by atoms with van der Waals surface area (Å²) in [6.45, 7) is 5.04. The molecule has 0 saturated carbocycles. The summed E-state index contributed by atoms with van der Waals surface area (Å²) in [5, 5.41) is 9.18. The highest BCUT2D eigenvalue weighted by Crippen LogP contribution is 2.19. The van der Waals surface area contributed by atoms with Crippen molar-refractivity contribution in [2.45, 2.75) is 20.4 Å². The van der Waals surface area contributed by atoms with E-state index >= 15 is 0 Å². The van der Waals surface area contributed by atoms with E-state index in [1.54, 1.807) is 11.0 Å². The molecule has 1 aromatic carbocycles. The topological polar surface area (TPSA) is 40.5 Å². The lowest BCUT2D eigenvalue weighted by Gasteiger charge is -2.22. The average molecular weight is 274 g/mol. The standard InChI is InChI=1S/C13H17ClFNO2/c1-9(2)6-16(8-13(17)18)7-10-3-4-11(15)5-12(10)14/h3-5,9H,6-8H2,1-2H3,(H,17,18). The lowest BCUT2D eigenvalue weighted by atomic mass is 10.1. The Bertz CT molecular complexity index is 423. The van der Waals surface area contributed by atoms with E-state index in [4.69, 9.17) is 16.7 Å².